The Morgan fingerprint density at radius 2 is 1.90 bits per heavy atom. The Hall–Kier alpha value is -1.91. The van der Waals surface area contributed by atoms with E-state index in [-0.39, 0.29) is 0 Å². The van der Waals surface area contributed by atoms with Gasteiger partial charge in [-0.05, 0) is 25.3 Å². The fraction of sp³-hybridized carbons (Fsp3) is 0.533. The maximum atomic E-state index is 4.60. The molecule has 0 atom stereocenters. The standard InChI is InChI=1S/C15H23N5/c1-4-7-16-15-10-17-13(9-18-15)11-20-14(6-3)8-12(5-2)19-20/h8-10H,4-7,11H2,1-3H3,(H,16,18). The van der Waals surface area contributed by atoms with Gasteiger partial charge in [0.05, 0.1) is 30.3 Å². The van der Waals surface area contributed by atoms with E-state index in [9.17, 15) is 0 Å². The van der Waals surface area contributed by atoms with Crippen molar-refractivity contribution in [2.45, 2.75) is 46.6 Å². The smallest absolute Gasteiger partial charge is 0.144 e. The van der Waals surface area contributed by atoms with Gasteiger partial charge in [-0.15, -0.1) is 0 Å². The number of nitrogens with zero attached hydrogens (tertiary/aromatic N) is 4. The van der Waals surface area contributed by atoms with Gasteiger partial charge in [-0.3, -0.25) is 9.67 Å². The van der Waals surface area contributed by atoms with Crippen molar-refractivity contribution in [3.63, 3.8) is 0 Å². The van der Waals surface area contributed by atoms with Crippen molar-refractivity contribution in [3.05, 3.63) is 35.5 Å². The van der Waals surface area contributed by atoms with Crippen LogP contribution in [0.15, 0.2) is 18.5 Å². The molecule has 0 unspecified atom stereocenters. The maximum absolute atomic E-state index is 4.60. The molecule has 0 aliphatic heterocycles. The van der Waals surface area contributed by atoms with Crippen molar-refractivity contribution in [2.75, 3.05) is 11.9 Å². The summed E-state index contributed by atoms with van der Waals surface area (Å²) in [5.74, 6) is 0.834. The van der Waals surface area contributed by atoms with Crippen molar-refractivity contribution in [1.29, 1.82) is 0 Å². The van der Waals surface area contributed by atoms with Gasteiger partial charge in [0.2, 0.25) is 0 Å². The molecule has 0 aliphatic rings. The van der Waals surface area contributed by atoms with Gasteiger partial charge in [0.1, 0.15) is 5.82 Å². The molecule has 0 saturated heterocycles. The van der Waals surface area contributed by atoms with Crippen LogP contribution in [0.25, 0.3) is 0 Å². The number of hydrogen-bond acceptors (Lipinski definition) is 4. The molecule has 108 valence electrons. The van der Waals surface area contributed by atoms with Crippen LogP contribution in [0.3, 0.4) is 0 Å². The van der Waals surface area contributed by atoms with E-state index >= 15 is 0 Å². The average molecular weight is 273 g/mol. The molecule has 5 heteroatoms. The van der Waals surface area contributed by atoms with Crippen LogP contribution in [0.1, 0.15) is 44.3 Å². The Balaban J connectivity index is 2.07. The first-order chi connectivity index (χ1) is 9.76. The van der Waals surface area contributed by atoms with Crippen molar-refractivity contribution >= 4 is 5.82 Å². The van der Waals surface area contributed by atoms with E-state index in [1.54, 1.807) is 6.20 Å². The Morgan fingerprint density at radius 1 is 1.05 bits per heavy atom. The molecule has 0 fully saturated rings. The first-order valence-electron chi connectivity index (χ1n) is 7.37. The van der Waals surface area contributed by atoms with E-state index in [2.05, 4.69) is 47.2 Å². The number of rotatable bonds is 7. The van der Waals surface area contributed by atoms with Crippen LogP contribution in [0.2, 0.25) is 0 Å². The minimum absolute atomic E-state index is 0.685. The Morgan fingerprint density at radius 3 is 2.50 bits per heavy atom. The molecule has 0 bridgehead atoms. The summed E-state index contributed by atoms with van der Waals surface area (Å²) >= 11 is 0. The van der Waals surface area contributed by atoms with Gasteiger partial charge in [0.25, 0.3) is 0 Å². The average Bonchev–Trinajstić information content (AvgIpc) is 2.88. The van der Waals surface area contributed by atoms with Crippen molar-refractivity contribution in [2.24, 2.45) is 0 Å². The molecule has 0 radical (unpaired) electrons. The predicted molar refractivity (Wildman–Crippen MR) is 80.9 cm³/mol. The summed E-state index contributed by atoms with van der Waals surface area (Å²) in [4.78, 5) is 8.83. The third-order valence-electron chi connectivity index (χ3n) is 3.21. The molecule has 2 aromatic rings. The fourth-order valence-electron chi connectivity index (χ4n) is 2.04. The minimum Gasteiger partial charge on any atom is -0.369 e. The third-order valence-corrected chi connectivity index (χ3v) is 3.21. The zero-order valence-electron chi connectivity index (χ0n) is 12.6. The van der Waals surface area contributed by atoms with Crippen LogP contribution in [-0.2, 0) is 19.4 Å². The third kappa shape index (κ3) is 3.56. The topological polar surface area (TPSA) is 55.6 Å². The summed E-state index contributed by atoms with van der Waals surface area (Å²) in [6.45, 7) is 8.01. The lowest BCUT2D eigenvalue weighted by Crippen LogP contribution is -2.09. The molecule has 0 aromatic carbocycles. The van der Waals surface area contributed by atoms with Crippen LogP contribution < -0.4 is 5.32 Å². The molecule has 0 aliphatic carbocycles. The van der Waals surface area contributed by atoms with Crippen LogP contribution in [-0.4, -0.2) is 26.3 Å². The summed E-state index contributed by atoms with van der Waals surface area (Å²) < 4.78 is 2.03. The van der Waals surface area contributed by atoms with Crippen molar-refractivity contribution in [3.8, 4) is 0 Å². The van der Waals surface area contributed by atoms with Gasteiger partial charge < -0.3 is 5.32 Å². The Kier molecular flexibility index (Phi) is 5.09. The summed E-state index contributed by atoms with van der Waals surface area (Å²) in [6, 6.07) is 2.17. The molecule has 1 N–H and O–H groups in total. The second kappa shape index (κ2) is 7.03. The van der Waals surface area contributed by atoms with E-state index in [4.69, 9.17) is 0 Å². The van der Waals surface area contributed by atoms with Gasteiger partial charge in [-0.1, -0.05) is 20.8 Å². The Labute approximate surface area is 120 Å². The quantitative estimate of drug-likeness (QED) is 0.842. The number of hydrogen-bond donors (Lipinski definition) is 1. The molecule has 5 nitrogen and oxygen atoms in total. The summed E-state index contributed by atoms with van der Waals surface area (Å²) in [6.07, 6.45) is 6.64. The highest BCUT2D eigenvalue weighted by atomic mass is 15.3. The molecule has 20 heavy (non-hydrogen) atoms. The van der Waals surface area contributed by atoms with Gasteiger partial charge in [0.15, 0.2) is 0 Å². The zero-order chi connectivity index (χ0) is 14.4. The minimum atomic E-state index is 0.685. The van der Waals surface area contributed by atoms with Crippen LogP contribution in [0.5, 0.6) is 0 Å². The molecular formula is C15H23N5. The highest BCUT2D eigenvalue weighted by Gasteiger charge is 2.07. The highest BCUT2D eigenvalue weighted by Crippen LogP contribution is 2.09. The fourth-order valence-corrected chi connectivity index (χ4v) is 2.04. The van der Waals surface area contributed by atoms with E-state index in [1.165, 1.54) is 5.69 Å². The summed E-state index contributed by atoms with van der Waals surface area (Å²) in [5.41, 5.74) is 3.32. The number of aromatic nitrogens is 4. The van der Waals surface area contributed by atoms with Crippen LogP contribution in [0, 0.1) is 0 Å². The highest BCUT2D eigenvalue weighted by molar-refractivity contribution is 5.30. The second-order valence-corrected chi connectivity index (χ2v) is 4.81. The van der Waals surface area contributed by atoms with Crippen molar-refractivity contribution < 1.29 is 0 Å². The zero-order valence-corrected chi connectivity index (χ0v) is 12.6. The van der Waals surface area contributed by atoms with Gasteiger partial charge in [0, 0.05) is 12.2 Å². The lowest BCUT2D eigenvalue weighted by Gasteiger charge is -2.07. The summed E-state index contributed by atoms with van der Waals surface area (Å²) in [5, 5.41) is 7.83. The number of nitrogens with one attached hydrogen (secondary N) is 1. The van der Waals surface area contributed by atoms with Crippen LogP contribution in [0.4, 0.5) is 5.82 Å². The first-order valence-corrected chi connectivity index (χ1v) is 7.37. The van der Waals surface area contributed by atoms with Crippen molar-refractivity contribution in [1.82, 2.24) is 19.7 Å². The normalized spacial score (nSPS) is 10.8. The SMILES string of the molecule is CCCNc1cnc(Cn2nc(CC)cc2CC)cn1. The second-order valence-electron chi connectivity index (χ2n) is 4.81. The molecule has 2 rings (SSSR count). The van der Waals surface area contributed by atoms with Gasteiger partial charge >= 0.3 is 0 Å². The van der Waals surface area contributed by atoms with E-state index in [0.29, 0.717) is 6.54 Å². The molecule has 2 heterocycles. The largest absolute Gasteiger partial charge is 0.369 e. The monoisotopic (exact) mass is 273 g/mol. The lowest BCUT2D eigenvalue weighted by atomic mass is 10.2. The first kappa shape index (κ1) is 14.5. The number of aryl methyl sites for hydroxylation is 2. The predicted octanol–water partition coefficient (Wildman–Crippen LogP) is 2.67. The van der Waals surface area contributed by atoms with Gasteiger partial charge in [-0.25, -0.2) is 4.98 Å². The van der Waals surface area contributed by atoms with E-state index in [1.807, 2.05) is 10.9 Å². The molecular weight excluding hydrogens is 250 g/mol. The summed E-state index contributed by atoms with van der Waals surface area (Å²) in [7, 11) is 0. The number of anilines is 1. The van der Waals surface area contributed by atoms with E-state index < -0.39 is 0 Å². The molecule has 0 spiro atoms. The van der Waals surface area contributed by atoms with Gasteiger partial charge in [-0.2, -0.15) is 5.10 Å². The maximum Gasteiger partial charge on any atom is 0.144 e. The molecule has 0 saturated carbocycles. The van der Waals surface area contributed by atoms with E-state index in [0.717, 1.165) is 43.0 Å². The Bertz CT molecular complexity index is 530. The lowest BCUT2D eigenvalue weighted by molar-refractivity contribution is 0.628. The van der Waals surface area contributed by atoms with Crippen LogP contribution >= 0.6 is 0 Å². The molecule has 0 amide bonds. The molecule has 2 aromatic heterocycles.